The van der Waals surface area contributed by atoms with E-state index in [-0.39, 0.29) is 11.9 Å². The molecular weight excluding hydrogens is 336 g/mol. The molecule has 4 atom stereocenters. The van der Waals surface area contributed by atoms with E-state index in [1.807, 2.05) is 24.3 Å². The summed E-state index contributed by atoms with van der Waals surface area (Å²) in [4.78, 5) is 14.5. The van der Waals surface area contributed by atoms with Crippen LogP contribution in [0.1, 0.15) is 48.0 Å². The molecule has 27 heavy (non-hydrogen) atoms. The van der Waals surface area contributed by atoms with Gasteiger partial charge in [-0.2, -0.15) is 0 Å². The average molecular weight is 365 g/mol. The topological polar surface area (TPSA) is 42.8 Å². The zero-order valence-electron chi connectivity index (χ0n) is 16.0. The number of para-hydroxylation sites is 1. The maximum Gasteiger partial charge on any atom is 0.255 e. The zero-order chi connectivity index (χ0) is 18.6. The lowest BCUT2D eigenvalue weighted by Crippen LogP contribution is -3.20. The predicted molar refractivity (Wildman–Crippen MR) is 106 cm³/mol. The number of carbonyl (C=O) groups is 1. The maximum absolute atomic E-state index is 12.8. The summed E-state index contributed by atoms with van der Waals surface area (Å²) >= 11 is 0. The van der Waals surface area contributed by atoms with Crippen LogP contribution in [0.3, 0.4) is 0 Å². The van der Waals surface area contributed by atoms with Crippen LogP contribution in [0, 0.1) is 0 Å². The van der Waals surface area contributed by atoms with E-state index >= 15 is 0 Å². The summed E-state index contributed by atoms with van der Waals surface area (Å²) in [5, 5.41) is 3.29. The average Bonchev–Trinajstić information content (AvgIpc) is 2.69. The molecule has 2 unspecified atom stereocenters. The van der Waals surface area contributed by atoms with Crippen molar-refractivity contribution in [3.05, 3.63) is 65.7 Å². The fraction of sp³-hybridized carbons (Fsp3) is 0.435. The molecule has 0 spiro atoms. The van der Waals surface area contributed by atoms with E-state index in [9.17, 15) is 4.79 Å². The first-order valence-electron chi connectivity index (χ1n) is 10.1. The molecule has 0 aliphatic carbocycles. The van der Waals surface area contributed by atoms with Crippen molar-refractivity contribution in [3.8, 4) is 5.75 Å². The van der Waals surface area contributed by atoms with Gasteiger partial charge in [0.1, 0.15) is 12.3 Å². The second-order valence-corrected chi connectivity index (χ2v) is 7.90. The lowest BCUT2D eigenvalue weighted by molar-refractivity contribution is -0.973. The Bertz CT molecular complexity index is 763. The number of fused-ring (bicyclic) bond motifs is 2. The normalized spacial score (nSPS) is 27.0. The van der Waals surface area contributed by atoms with Crippen LogP contribution in [0.15, 0.2) is 54.6 Å². The molecule has 2 fully saturated rings. The second kappa shape index (κ2) is 8.13. The first-order chi connectivity index (χ1) is 13.2. The maximum atomic E-state index is 12.8. The molecule has 4 heteroatoms. The lowest BCUT2D eigenvalue weighted by atomic mass is 9.81. The highest BCUT2D eigenvalue weighted by molar-refractivity contribution is 5.97. The van der Waals surface area contributed by atoms with Crippen molar-refractivity contribution in [1.82, 2.24) is 5.32 Å². The van der Waals surface area contributed by atoms with Gasteiger partial charge in [-0.15, -0.1) is 0 Å². The Balaban J connectivity index is 1.43. The van der Waals surface area contributed by atoms with E-state index in [0.717, 1.165) is 19.4 Å². The van der Waals surface area contributed by atoms with Crippen LogP contribution in [0.5, 0.6) is 5.75 Å². The Morgan fingerprint density at radius 3 is 2.41 bits per heavy atom. The molecule has 2 aliphatic rings. The molecule has 0 radical (unpaired) electrons. The number of carbonyl (C=O) groups excluding carboxylic acids is 1. The molecule has 2 N–H and O–H groups in total. The van der Waals surface area contributed by atoms with Gasteiger partial charge in [0.15, 0.2) is 0 Å². The minimum Gasteiger partial charge on any atom is -0.496 e. The highest BCUT2D eigenvalue weighted by atomic mass is 16.5. The minimum atomic E-state index is -0.0120. The predicted octanol–water partition coefficient (Wildman–Crippen LogP) is 2.59. The molecule has 4 nitrogen and oxygen atoms in total. The molecule has 2 heterocycles. The highest BCUT2D eigenvalue weighted by Crippen LogP contribution is 2.24. The molecule has 2 aliphatic heterocycles. The quantitative estimate of drug-likeness (QED) is 0.855. The first-order valence-corrected chi connectivity index (χ1v) is 10.1. The van der Waals surface area contributed by atoms with Crippen molar-refractivity contribution in [2.75, 3.05) is 7.11 Å². The summed E-state index contributed by atoms with van der Waals surface area (Å²) < 4.78 is 5.35. The highest BCUT2D eigenvalue weighted by Gasteiger charge is 2.42. The third kappa shape index (κ3) is 4.01. The number of benzene rings is 2. The third-order valence-electron chi connectivity index (χ3n) is 6.23. The fourth-order valence-corrected chi connectivity index (χ4v) is 4.97. The molecule has 4 rings (SSSR count). The van der Waals surface area contributed by atoms with Crippen LogP contribution in [0.25, 0.3) is 0 Å². The zero-order valence-corrected chi connectivity index (χ0v) is 16.0. The van der Waals surface area contributed by atoms with Gasteiger partial charge in [-0.3, -0.25) is 4.79 Å². The summed E-state index contributed by atoms with van der Waals surface area (Å²) in [6.07, 6.45) is 5.99. The fourth-order valence-electron chi connectivity index (χ4n) is 4.97. The number of amides is 1. The standard InChI is InChI=1S/C23H28N2O2/c1-27-22-13-6-5-12-21(22)23(26)24-18-14-19-10-7-11-20(15-18)25(19)16-17-8-3-2-4-9-17/h2-6,8-9,12-13,18-20H,7,10-11,14-16H2,1H3,(H,24,26)/p+1/t18?,19-,20+. The van der Waals surface area contributed by atoms with Gasteiger partial charge in [-0.05, 0) is 31.4 Å². The van der Waals surface area contributed by atoms with Crippen LogP contribution in [-0.4, -0.2) is 31.1 Å². The lowest BCUT2D eigenvalue weighted by Gasteiger charge is -2.46. The largest absolute Gasteiger partial charge is 0.496 e. The molecule has 2 saturated heterocycles. The number of rotatable bonds is 5. The van der Waals surface area contributed by atoms with Crippen LogP contribution >= 0.6 is 0 Å². The summed E-state index contributed by atoms with van der Waals surface area (Å²) in [7, 11) is 1.61. The van der Waals surface area contributed by atoms with Crippen LogP contribution < -0.4 is 15.0 Å². The summed E-state index contributed by atoms with van der Waals surface area (Å²) in [6, 6.07) is 19.8. The van der Waals surface area contributed by atoms with Crippen LogP contribution in [-0.2, 0) is 6.54 Å². The number of hydrogen-bond acceptors (Lipinski definition) is 2. The number of piperidine rings is 2. The Labute approximate surface area is 161 Å². The second-order valence-electron chi connectivity index (χ2n) is 7.90. The van der Waals surface area contributed by atoms with Crippen molar-refractivity contribution < 1.29 is 14.4 Å². The molecule has 2 bridgehead atoms. The van der Waals surface area contributed by atoms with E-state index in [1.54, 1.807) is 12.0 Å². The van der Waals surface area contributed by atoms with Gasteiger partial charge in [0.2, 0.25) is 0 Å². The van der Waals surface area contributed by atoms with Gasteiger partial charge in [-0.25, -0.2) is 0 Å². The minimum absolute atomic E-state index is 0.0120. The smallest absolute Gasteiger partial charge is 0.255 e. The van der Waals surface area contributed by atoms with Gasteiger partial charge in [-0.1, -0.05) is 42.5 Å². The summed E-state index contributed by atoms with van der Waals surface area (Å²) in [5.74, 6) is 0.629. The number of quaternary nitrogens is 1. The van der Waals surface area contributed by atoms with E-state index in [2.05, 4.69) is 35.6 Å². The van der Waals surface area contributed by atoms with Gasteiger partial charge in [0.05, 0.1) is 24.8 Å². The van der Waals surface area contributed by atoms with Gasteiger partial charge in [0, 0.05) is 24.4 Å². The number of ether oxygens (including phenoxy) is 1. The molecule has 1 amide bonds. The summed E-state index contributed by atoms with van der Waals surface area (Å²) in [5.41, 5.74) is 2.05. The van der Waals surface area contributed by atoms with E-state index in [4.69, 9.17) is 4.74 Å². The SMILES string of the molecule is COc1ccccc1C(=O)NC1C[C@H]2CCC[C@@H](C1)[NH+]2Cc1ccccc1. The monoisotopic (exact) mass is 365 g/mol. The van der Waals surface area contributed by atoms with Crippen molar-refractivity contribution in [1.29, 1.82) is 0 Å². The van der Waals surface area contributed by atoms with Crippen molar-refractivity contribution >= 4 is 5.91 Å². The molecule has 2 aromatic carbocycles. The number of nitrogens with one attached hydrogen (secondary N) is 2. The van der Waals surface area contributed by atoms with E-state index in [0.29, 0.717) is 23.4 Å². The van der Waals surface area contributed by atoms with Crippen molar-refractivity contribution in [2.45, 2.75) is 56.8 Å². The Hall–Kier alpha value is -2.33. The van der Waals surface area contributed by atoms with Gasteiger partial charge < -0.3 is 15.0 Å². The molecule has 142 valence electrons. The Morgan fingerprint density at radius 1 is 1.04 bits per heavy atom. The van der Waals surface area contributed by atoms with Crippen molar-refractivity contribution in [2.24, 2.45) is 0 Å². The Kier molecular flexibility index (Phi) is 5.44. The van der Waals surface area contributed by atoms with E-state index in [1.165, 1.54) is 24.8 Å². The molecule has 2 aromatic rings. The first kappa shape index (κ1) is 18.1. The van der Waals surface area contributed by atoms with Crippen LogP contribution in [0.2, 0.25) is 0 Å². The van der Waals surface area contributed by atoms with Crippen LogP contribution in [0.4, 0.5) is 0 Å². The summed E-state index contributed by atoms with van der Waals surface area (Å²) in [6.45, 7) is 1.10. The molecular formula is C23H29N2O2+. The number of methoxy groups -OCH3 is 1. The van der Waals surface area contributed by atoms with Gasteiger partial charge in [0.25, 0.3) is 5.91 Å². The van der Waals surface area contributed by atoms with Gasteiger partial charge >= 0.3 is 0 Å². The number of hydrogen-bond donors (Lipinski definition) is 2. The Morgan fingerprint density at radius 2 is 1.70 bits per heavy atom. The molecule has 0 aromatic heterocycles. The van der Waals surface area contributed by atoms with E-state index < -0.39 is 0 Å². The van der Waals surface area contributed by atoms with Crippen molar-refractivity contribution in [3.63, 3.8) is 0 Å². The molecule has 0 saturated carbocycles. The third-order valence-corrected chi connectivity index (χ3v) is 6.23.